The van der Waals surface area contributed by atoms with Crippen LogP contribution in [0.4, 0.5) is 0 Å². The average Bonchev–Trinajstić information content (AvgIpc) is 2.54. The van der Waals surface area contributed by atoms with E-state index < -0.39 is 0 Å². The highest BCUT2D eigenvalue weighted by molar-refractivity contribution is 5.98. The topological polar surface area (TPSA) is 20.2 Å². The second-order valence-electron chi connectivity index (χ2n) is 5.25. The van der Waals surface area contributed by atoms with Crippen molar-refractivity contribution >= 4 is 10.8 Å². The third-order valence-corrected chi connectivity index (χ3v) is 4.09. The van der Waals surface area contributed by atoms with Crippen molar-refractivity contribution in [2.45, 2.75) is 26.7 Å². The van der Waals surface area contributed by atoms with Crippen molar-refractivity contribution in [3.05, 3.63) is 65.7 Å². The molecule has 0 fully saturated rings. The van der Waals surface area contributed by atoms with E-state index in [1.165, 1.54) is 27.5 Å². The molecule has 0 aliphatic rings. The zero-order valence-electron chi connectivity index (χ0n) is 12.5. The summed E-state index contributed by atoms with van der Waals surface area (Å²) in [5.41, 5.74) is 4.60. The van der Waals surface area contributed by atoms with Crippen LogP contribution < -0.4 is 0 Å². The third-order valence-electron chi connectivity index (χ3n) is 4.09. The Balaban J connectivity index is 2.40. The molecule has 0 bridgehead atoms. The molecule has 1 N–H and O–H groups in total. The highest BCUT2D eigenvalue weighted by Crippen LogP contribution is 2.37. The van der Waals surface area contributed by atoms with Crippen LogP contribution in [-0.2, 0) is 12.8 Å². The summed E-state index contributed by atoms with van der Waals surface area (Å²) in [5, 5.41) is 12.6. The zero-order chi connectivity index (χ0) is 14.8. The van der Waals surface area contributed by atoms with Crippen molar-refractivity contribution in [3.8, 4) is 16.9 Å². The lowest BCUT2D eigenvalue weighted by Crippen LogP contribution is -1.96. The summed E-state index contributed by atoms with van der Waals surface area (Å²) in [6.07, 6.45) is 1.73. The SMILES string of the molecule is CCc1c[c]c(O)c(CC)c1-c1cccc2ccccc12. The monoisotopic (exact) mass is 275 g/mol. The normalized spacial score (nSPS) is 11.0. The van der Waals surface area contributed by atoms with Crippen LogP contribution in [0.25, 0.3) is 21.9 Å². The quantitative estimate of drug-likeness (QED) is 0.702. The Hall–Kier alpha value is -2.28. The lowest BCUT2D eigenvalue weighted by molar-refractivity contribution is 0.468. The smallest absolute Gasteiger partial charge is 0.127 e. The Labute approximate surface area is 125 Å². The number of benzene rings is 3. The molecule has 3 aromatic carbocycles. The fraction of sp³-hybridized carbons (Fsp3) is 0.200. The molecule has 0 aliphatic heterocycles. The van der Waals surface area contributed by atoms with Crippen molar-refractivity contribution in [2.24, 2.45) is 0 Å². The van der Waals surface area contributed by atoms with Gasteiger partial charge < -0.3 is 5.11 Å². The van der Waals surface area contributed by atoms with Gasteiger partial charge in [-0.05, 0) is 46.4 Å². The second kappa shape index (κ2) is 5.61. The molecule has 0 saturated heterocycles. The lowest BCUT2D eigenvalue weighted by atomic mass is 9.88. The molecule has 0 atom stereocenters. The number of phenolic OH excluding ortho intramolecular Hbond substituents is 1. The van der Waals surface area contributed by atoms with Gasteiger partial charge in [0.25, 0.3) is 0 Å². The van der Waals surface area contributed by atoms with E-state index in [0.717, 1.165) is 18.4 Å². The lowest BCUT2D eigenvalue weighted by Gasteiger charge is -2.16. The van der Waals surface area contributed by atoms with E-state index >= 15 is 0 Å². The minimum Gasteiger partial charge on any atom is -0.507 e. The minimum absolute atomic E-state index is 0.276. The first-order chi connectivity index (χ1) is 10.3. The summed E-state index contributed by atoms with van der Waals surface area (Å²) in [6.45, 7) is 4.23. The van der Waals surface area contributed by atoms with Crippen LogP contribution in [0.15, 0.2) is 48.5 Å². The largest absolute Gasteiger partial charge is 0.507 e. The van der Waals surface area contributed by atoms with E-state index in [9.17, 15) is 5.11 Å². The molecule has 21 heavy (non-hydrogen) atoms. The van der Waals surface area contributed by atoms with Crippen molar-refractivity contribution in [2.75, 3.05) is 0 Å². The number of hydrogen-bond acceptors (Lipinski definition) is 1. The molecule has 0 spiro atoms. The van der Waals surface area contributed by atoms with Gasteiger partial charge in [0.1, 0.15) is 5.75 Å². The maximum atomic E-state index is 10.2. The van der Waals surface area contributed by atoms with E-state index in [-0.39, 0.29) is 5.75 Å². The number of aromatic hydroxyl groups is 1. The molecule has 105 valence electrons. The van der Waals surface area contributed by atoms with Crippen molar-refractivity contribution in [1.82, 2.24) is 0 Å². The van der Waals surface area contributed by atoms with Gasteiger partial charge in [0.05, 0.1) is 0 Å². The fourth-order valence-electron chi connectivity index (χ4n) is 3.03. The molecule has 1 nitrogen and oxygen atoms in total. The Kier molecular flexibility index (Phi) is 3.66. The van der Waals surface area contributed by atoms with Crippen molar-refractivity contribution < 1.29 is 5.11 Å². The first-order valence-corrected chi connectivity index (χ1v) is 7.49. The minimum atomic E-state index is 0.276. The summed E-state index contributed by atoms with van der Waals surface area (Å²) < 4.78 is 0. The molecule has 0 saturated carbocycles. The van der Waals surface area contributed by atoms with Gasteiger partial charge in [-0.1, -0.05) is 56.3 Å². The van der Waals surface area contributed by atoms with Gasteiger partial charge in [0.2, 0.25) is 0 Å². The van der Waals surface area contributed by atoms with Gasteiger partial charge in [-0.2, -0.15) is 0 Å². The fourth-order valence-corrected chi connectivity index (χ4v) is 3.03. The molecular formula is C20H19O. The van der Waals surface area contributed by atoms with Crippen LogP contribution >= 0.6 is 0 Å². The molecule has 0 heterocycles. The van der Waals surface area contributed by atoms with Crippen LogP contribution in [0, 0.1) is 6.07 Å². The highest BCUT2D eigenvalue weighted by Gasteiger charge is 2.15. The number of aryl methyl sites for hydroxylation is 1. The van der Waals surface area contributed by atoms with Crippen LogP contribution in [0.2, 0.25) is 0 Å². The average molecular weight is 275 g/mol. The molecule has 1 radical (unpaired) electrons. The van der Waals surface area contributed by atoms with Crippen molar-refractivity contribution in [1.29, 1.82) is 0 Å². The molecule has 0 unspecified atom stereocenters. The third kappa shape index (κ3) is 2.29. The molecule has 0 aromatic heterocycles. The molecule has 3 rings (SSSR count). The van der Waals surface area contributed by atoms with Crippen LogP contribution in [-0.4, -0.2) is 5.11 Å². The van der Waals surface area contributed by atoms with Gasteiger partial charge in [-0.3, -0.25) is 0 Å². The van der Waals surface area contributed by atoms with Gasteiger partial charge in [0, 0.05) is 11.6 Å². The van der Waals surface area contributed by atoms with E-state index in [2.05, 4.69) is 62.4 Å². The van der Waals surface area contributed by atoms with Gasteiger partial charge in [-0.25, -0.2) is 0 Å². The zero-order valence-corrected chi connectivity index (χ0v) is 12.5. The first kappa shape index (κ1) is 13.7. The van der Waals surface area contributed by atoms with E-state index in [1.807, 2.05) is 6.07 Å². The number of phenols is 1. The predicted molar refractivity (Wildman–Crippen MR) is 88.6 cm³/mol. The number of fused-ring (bicyclic) bond motifs is 1. The predicted octanol–water partition coefficient (Wildman–Crippen LogP) is 5.14. The standard InChI is InChI=1S/C20H19O/c1-3-14-12-13-19(21)16(4-2)20(14)18-11-7-9-15-8-5-6-10-17(15)18/h5-12,21H,3-4H2,1-2H3. The first-order valence-electron chi connectivity index (χ1n) is 7.49. The Morgan fingerprint density at radius 1 is 0.952 bits per heavy atom. The Morgan fingerprint density at radius 2 is 1.71 bits per heavy atom. The number of rotatable bonds is 3. The number of hydrogen-bond donors (Lipinski definition) is 1. The molecule has 1 heteroatoms. The van der Waals surface area contributed by atoms with E-state index in [1.54, 1.807) is 0 Å². The molecule has 3 aromatic rings. The Morgan fingerprint density at radius 3 is 2.48 bits per heavy atom. The van der Waals surface area contributed by atoms with E-state index in [4.69, 9.17) is 0 Å². The van der Waals surface area contributed by atoms with Gasteiger partial charge in [0.15, 0.2) is 0 Å². The summed E-state index contributed by atoms with van der Waals surface area (Å²) in [7, 11) is 0. The molecule has 0 aliphatic carbocycles. The van der Waals surface area contributed by atoms with Crippen LogP contribution in [0.3, 0.4) is 0 Å². The maximum absolute atomic E-state index is 10.2. The summed E-state index contributed by atoms with van der Waals surface area (Å²) in [5.74, 6) is 0.276. The summed E-state index contributed by atoms with van der Waals surface area (Å²) >= 11 is 0. The Bertz CT molecular complexity index is 782. The van der Waals surface area contributed by atoms with Gasteiger partial charge in [-0.15, -0.1) is 0 Å². The van der Waals surface area contributed by atoms with Crippen LogP contribution in [0.5, 0.6) is 5.75 Å². The molecule has 0 amide bonds. The van der Waals surface area contributed by atoms with Crippen LogP contribution in [0.1, 0.15) is 25.0 Å². The van der Waals surface area contributed by atoms with Crippen molar-refractivity contribution in [3.63, 3.8) is 0 Å². The summed E-state index contributed by atoms with van der Waals surface area (Å²) in [6, 6.07) is 19.7. The van der Waals surface area contributed by atoms with E-state index in [0.29, 0.717) is 0 Å². The second-order valence-corrected chi connectivity index (χ2v) is 5.25. The highest BCUT2D eigenvalue weighted by atomic mass is 16.3. The molecular weight excluding hydrogens is 256 g/mol. The maximum Gasteiger partial charge on any atom is 0.127 e. The van der Waals surface area contributed by atoms with Gasteiger partial charge >= 0.3 is 0 Å². The summed E-state index contributed by atoms with van der Waals surface area (Å²) in [4.78, 5) is 0.